The molecule has 200 valence electrons. The smallest absolute Gasteiger partial charge is 0.0873 e. The standard InChI is InChI=1S/C34H56Si2/c1-7-13-17-21-25-35(26-22-18-14-8-2)33-29-32(12-6)34(30-31(33)11-5)36(27-23-19-15-9-3)28-24-20-16-10-4/h5-6,29-30H,7-10,13-28H2,1-4H3. The summed E-state index contributed by atoms with van der Waals surface area (Å²) < 4.78 is 0. The van der Waals surface area contributed by atoms with Crippen LogP contribution in [0.15, 0.2) is 12.1 Å². The first-order chi connectivity index (χ1) is 17.7. The summed E-state index contributed by atoms with van der Waals surface area (Å²) >= 11 is 0. The molecule has 0 atom stereocenters. The van der Waals surface area contributed by atoms with Crippen LogP contribution in [0.25, 0.3) is 0 Å². The summed E-state index contributed by atoms with van der Waals surface area (Å²) in [6.45, 7) is 9.20. The molecule has 0 heterocycles. The Labute approximate surface area is 230 Å². The van der Waals surface area contributed by atoms with Crippen LogP contribution in [0.2, 0.25) is 24.2 Å². The van der Waals surface area contributed by atoms with Crippen molar-refractivity contribution in [2.45, 2.75) is 155 Å². The number of unbranched alkanes of at least 4 members (excludes halogenated alkanes) is 12. The Kier molecular flexibility index (Phi) is 19.9. The summed E-state index contributed by atoms with van der Waals surface area (Å²) in [6.07, 6.45) is 33.8. The Morgan fingerprint density at radius 1 is 0.472 bits per heavy atom. The van der Waals surface area contributed by atoms with Crippen LogP contribution in [-0.4, -0.2) is 17.6 Å². The highest BCUT2D eigenvalue weighted by Gasteiger charge is 2.23. The van der Waals surface area contributed by atoms with Crippen molar-refractivity contribution in [3.63, 3.8) is 0 Å². The maximum absolute atomic E-state index is 6.21. The van der Waals surface area contributed by atoms with Gasteiger partial charge in [0.1, 0.15) is 0 Å². The van der Waals surface area contributed by atoms with Crippen LogP contribution < -0.4 is 10.4 Å². The van der Waals surface area contributed by atoms with E-state index in [0.717, 1.165) is 0 Å². The maximum atomic E-state index is 6.21. The van der Waals surface area contributed by atoms with Crippen molar-refractivity contribution in [2.75, 3.05) is 0 Å². The fraction of sp³-hybridized carbons (Fsp3) is 0.706. The minimum atomic E-state index is -0.673. The van der Waals surface area contributed by atoms with Crippen LogP contribution in [0, 0.1) is 24.7 Å². The SMILES string of the molecule is C#Cc1cc([Si](CCCCCC)CCCCCC)c(C#C)cc1[Si](CCCCCC)CCCCCC. The van der Waals surface area contributed by atoms with Crippen LogP contribution >= 0.6 is 0 Å². The third-order valence-corrected chi connectivity index (χ3v) is 13.7. The predicted octanol–water partition coefficient (Wildman–Crippen LogP) is 9.37. The van der Waals surface area contributed by atoms with Gasteiger partial charge in [-0.25, -0.2) is 0 Å². The lowest BCUT2D eigenvalue weighted by atomic mass is 10.1. The fourth-order valence-electron chi connectivity index (χ4n) is 5.27. The number of hydrogen-bond acceptors (Lipinski definition) is 0. The predicted molar refractivity (Wildman–Crippen MR) is 169 cm³/mol. The highest BCUT2D eigenvalue weighted by molar-refractivity contribution is 6.76. The van der Waals surface area contributed by atoms with Gasteiger partial charge in [-0.2, -0.15) is 0 Å². The Hall–Kier alpha value is -1.23. The van der Waals surface area contributed by atoms with Crippen molar-refractivity contribution in [3.8, 4) is 24.7 Å². The molecule has 0 N–H and O–H groups in total. The first-order valence-corrected chi connectivity index (χ1v) is 19.3. The topological polar surface area (TPSA) is 0 Å². The molecule has 0 bridgehead atoms. The lowest BCUT2D eigenvalue weighted by Gasteiger charge is -2.23. The maximum Gasteiger partial charge on any atom is 0.0873 e. The van der Waals surface area contributed by atoms with Crippen LogP contribution in [0.4, 0.5) is 0 Å². The van der Waals surface area contributed by atoms with Gasteiger partial charge in [0.2, 0.25) is 0 Å². The van der Waals surface area contributed by atoms with Crippen LogP contribution in [0.1, 0.15) is 142 Å². The minimum absolute atomic E-state index is 0.673. The van der Waals surface area contributed by atoms with Gasteiger partial charge in [-0.1, -0.05) is 166 Å². The molecule has 1 rings (SSSR count). The van der Waals surface area contributed by atoms with Gasteiger partial charge < -0.3 is 0 Å². The van der Waals surface area contributed by atoms with Crippen molar-refractivity contribution in [3.05, 3.63) is 23.3 Å². The van der Waals surface area contributed by atoms with E-state index in [1.54, 1.807) is 0 Å². The molecule has 2 heteroatoms. The van der Waals surface area contributed by atoms with Gasteiger partial charge >= 0.3 is 0 Å². The minimum Gasteiger partial charge on any atom is -0.115 e. The van der Waals surface area contributed by atoms with E-state index in [-0.39, 0.29) is 0 Å². The molecular weight excluding hydrogens is 465 g/mol. The van der Waals surface area contributed by atoms with Gasteiger partial charge in [0.25, 0.3) is 0 Å². The van der Waals surface area contributed by atoms with E-state index in [2.05, 4.69) is 51.7 Å². The van der Waals surface area contributed by atoms with E-state index in [1.165, 1.54) is 148 Å². The first kappa shape index (κ1) is 32.8. The zero-order valence-corrected chi connectivity index (χ0v) is 26.5. The average molecular weight is 521 g/mol. The summed E-state index contributed by atoms with van der Waals surface area (Å²) in [5.41, 5.74) is 2.38. The number of benzene rings is 1. The number of rotatable bonds is 22. The molecule has 0 spiro atoms. The Bertz CT molecular complexity index is 677. The molecule has 0 nitrogen and oxygen atoms in total. The van der Waals surface area contributed by atoms with Crippen molar-refractivity contribution < 1.29 is 0 Å². The van der Waals surface area contributed by atoms with Crippen molar-refractivity contribution in [2.24, 2.45) is 0 Å². The van der Waals surface area contributed by atoms with Gasteiger partial charge in [-0.3, -0.25) is 0 Å². The summed E-state index contributed by atoms with van der Waals surface area (Å²) in [5.74, 6) is 6.30. The van der Waals surface area contributed by atoms with Gasteiger partial charge in [0.05, 0.1) is 17.6 Å². The quantitative estimate of drug-likeness (QED) is 0.0811. The molecule has 0 unspecified atom stereocenters. The molecule has 0 saturated heterocycles. The summed E-state index contributed by atoms with van der Waals surface area (Å²) in [4.78, 5) is 0. The van der Waals surface area contributed by atoms with Crippen molar-refractivity contribution in [1.29, 1.82) is 0 Å². The average Bonchev–Trinajstić information content (AvgIpc) is 2.90. The Morgan fingerprint density at radius 2 is 0.750 bits per heavy atom. The van der Waals surface area contributed by atoms with Crippen molar-refractivity contribution >= 4 is 28.0 Å². The zero-order chi connectivity index (χ0) is 26.4. The fourth-order valence-corrected chi connectivity index (χ4v) is 11.3. The first-order valence-electron chi connectivity index (χ1n) is 15.5. The molecule has 0 aromatic heterocycles. The van der Waals surface area contributed by atoms with Crippen LogP contribution in [0.3, 0.4) is 0 Å². The molecule has 0 aliphatic rings. The van der Waals surface area contributed by atoms with Crippen LogP contribution in [0.5, 0.6) is 0 Å². The van der Waals surface area contributed by atoms with E-state index in [0.29, 0.717) is 0 Å². The third-order valence-electron chi connectivity index (χ3n) is 7.56. The van der Waals surface area contributed by atoms with E-state index in [9.17, 15) is 0 Å². The summed E-state index contributed by atoms with van der Waals surface area (Å²) in [6, 6.07) is 10.2. The molecule has 0 amide bonds. The Balaban J connectivity index is 3.23. The second-order valence-electron chi connectivity index (χ2n) is 10.7. The molecule has 0 aliphatic heterocycles. The highest BCUT2D eigenvalue weighted by atomic mass is 28.3. The van der Waals surface area contributed by atoms with E-state index in [1.807, 2.05) is 0 Å². The largest absolute Gasteiger partial charge is 0.115 e. The molecule has 36 heavy (non-hydrogen) atoms. The molecule has 1 aromatic carbocycles. The lowest BCUT2D eigenvalue weighted by Crippen LogP contribution is -2.39. The zero-order valence-electron chi connectivity index (χ0n) is 24.5. The molecule has 2 radical (unpaired) electrons. The van der Waals surface area contributed by atoms with Gasteiger partial charge in [-0.15, -0.1) is 12.8 Å². The van der Waals surface area contributed by atoms with Gasteiger partial charge in [0, 0.05) is 11.1 Å². The summed E-state index contributed by atoms with van der Waals surface area (Å²) in [7, 11) is -1.35. The highest BCUT2D eigenvalue weighted by Crippen LogP contribution is 2.19. The van der Waals surface area contributed by atoms with E-state index < -0.39 is 17.6 Å². The monoisotopic (exact) mass is 520 g/mol. The van der Waals surface area contributed by atoms with Gasteiger partial charge in [0.15, 0.2) is 0 Å². The van der Waals surface area contributed by atoms with Crippen molar-refractivity contribution in [1.82, 2.24) is 0 Å². The number of hydrogen-bond donors (Lipinski definition) is 0. The normalized spacial score (nSPS) is 11.2. The molecule has 0 fully saturated rings. The molecule has 0 saturated carbocycles. The lowest BCUT2D eigenvalue weighted by molar-refractivity contribution is 0.687. The number of terminal acetylenes is 2. The van der Waals surface area contributed by atoms with Crippen LogP contribution in [-0.2, 0) is 0 Å². The Morgan fingerprint density at radius 3 is 0.972 bits per heavy atom. The molecular formula is C34H56Si2. The van der Waals surface area contributed by atoms with E-state index in [4.69, 9.17) is 12.8 Å². The molecule has 1 aromatic rings. The summed E-state index contributed by atoms with van der Waals surface area (Å²) in [5, 5.41) is 2.95. The second-order valence-corrected chi connectivity index (χ2v) is 16.2. The molecule has 0 aliphatic carbocycles. The second kappa shape index (κ2) is 21.8. The van der Waals surface area contributed by atoms with Gasteiger partial charge in [-0.05, 0) is 22.5 Å². The van der Waals surface area contributed by atoms with E-state index >= 15 is 0 Å². The third kappa shape index (κ3) is 12.8.